The first-order valence-corrected chi connectivity index (χ1v) is 5.69. The van der Waals surface area contributed by atoms with Crippen molar-refractivity contribution in [3.05, 3.63) is 28.3 Å². The zero-order valence-corrected chi connectivity index (χ0v) is 10.6. The number of hydrogen-bond acceptors (Lipinski definition) is 4. The number of fused-ring (bicyclic) bond motifs is 1. The Hall–Kier alpha value is -2.11. The van der Waals surface area contributed by atoms with Gasteiger partial charge in [-0.05, 0) is 12.0 Å². The number of carbonyl (C=O) groups excluding carboxylic acids is 1. The predicted molar refractivity (Wildman–Crippen MR) is 66.5 cm³/mol. The van der Waals surface area contributed by atoms with Crippen molar-refractivity contribution in [1.82, 2.24) is 14.5 Å². The second kappa shape index (κ2) is 4.64. The van der Waals surface area contributed by atoms with Gasteiger partial charge >= 0.3 is 11.7 Å². The Balaban J connectivity index is 2.54. The van der Waals surface area contributed by atoms with Gasteiger partial charge in [-0.3, -0.25) is 4.57 Å². The molecule has 0 aliphatic rings. The summed E-state index contributed by atoms with van der Waals surface area (Å²) in [4.78, 5) is 30.0. The van der Waals surface area contributed by atoms with Gasteiger partial charge < -0.3 is 9.72 Å². The van der Waals surface area contributed by atoms with Crippen LogP contribution in [0.5, 0.6) is 0 Å². The molecule has 0 fully saturated rings. The van der Waals surface area contributed by atoms with Crippen LogP contribution in [0.1, 0.15) is 24.2 Å². The van der Waals surface area contributed by atoms with E-state index in [1.165, 1.54) is 13.3 Å². The molecule has 6 heteroatoms. The average molecular weight is 249 g/mol. The van der Waals surface area contributed by atoms with Crippen molar-refractivity contribution in [2.45, 2.75) is 20.4 Å². The predicted octanol–water partition coefficient (Wildman–Crippen LogP) is 1.17. The summed E-state index contributed by atoms with van der Waals surface area (Å²) in [5.74, 6) is -0.134. The monoisotopic (exact) mass is 249 g/mol. The molecule has 2 aromatic rings. The van der Waals surface area contributed by atoms with E-state index in [1.807, 2.05) is 13.8 Å². The summed E-state index contributed by atoms with van der Waals surface area (Å²) in [6.07, 6.45) is 1.41. The molecule has 0 radical (unpaired) electrons. The highest BCUT2D eigenvalue weighted by molar-refractivity contribution is 5.92. The maximum absolute atomic E-state index is 11.8. The highest BCUT2D eigenvalue weighted by Crippen LogP contribution is 2.11. The second-order valence-electron chi connectivity index (χ2n) is 4.52. The van der Waals surface area contributed by atoms with Gasteiger partial charge in [0.2, 0.25) is 0 Å². The SMILES string of the molecule is COC(=O)c1cnc2c(c1)[nH]c(=O)n2CC(C)C. The standard InChI is InChI=1S/C12H15N3O3/c1-7(2)6-15-10-9(14-12(15)17)4-8(5-13-10)11(16)18-3/h4-5,7H,6H2,1-3H3,(H,14,17). The Kier molecular flexibility index (Phi) is 3.18. The molecule has 0 aliphatic carbocycles. The number of nitrogens with zero attached hydrogens (tertiary/aromatic N) is 2. The van der Waals surface area contributed by atoms with Gasteiger partial charge in [0, 0.05) is 12.7 Å². The van der Waals surface area contributed by atoms with Crippen LogP contribution < -0.4 is 5.69 Å². The fourth-order valence-electron chi connectivity index (χ4n) is 1.81. The number of aromatic amines is 1. The Morgan fingerprint density at radius 3 is 2.89 bits per heavy atom. The van der Waals surface area contributed by atoms with Crippen LogP contribution in [0.25, 0.3) is 11.2 Å². The van der Waals surface area contributed by atoms with Crippen LogP contribution in [-0.2, 0) is 11.3 Å². The van der Waals surface area contributed by atoms with Crippen molar-refractivity contribution in [1.29, 1.82) is 0 Å². The maximum Gasteiger partial charge on any atom is 0.339 e. The summed E-state index contributed by atoms with van der Waals surface area (Å²) in [5, 5.41) is 0. The topological polar surface area (TPSA) is 77.0 Å². The lowest BCUT2D eigenvalue weighted by atomic mass is 10.2. The molecule has 2 aromatic heterocycles. The van der Waals surface area contributed by atoms with Gasteiger partial charge in [-0.15, -0.1) is 0 Å². The van der Waals surface area contributed by atoms with Crippen molar-refractivity contribution in [2.24, 2.45) is 5.92 Å². The lowest BCUT2D eigenvalue weighted by Crippen LogP contribution is -2.19. The van der Waals surface area contributed by atoms with Crippen molar-refractivity contribution >= 4 is 17.1 Å². The highest BCUT2D eigenvalue weighted by Gasteiger charge is 2.12. The van der Waals surface area contributed by atoms with Crippen molar-refractivity contribution in [2.75, 3.05) is 7.11 Å². The van der Waals surface area contributed by atoms with E-state index in [1.54, 1.807) is 10.6 Å². The van der Waals surface area contributed by atoms with E-state index in [2.05, 4.69) is 14.7 Å². The molecule has 0 bridgehead atoms. The van der Waals surface area contributed by atoms with E-state index in [-0.39, 0.29) is 5.69 Å². The molecular weight excluding hydrogens is 234 g/mol. The van der Waals surface area contributed by atoms with Crippen molar-refractivity contribution < 1.29 is 9.53 Å². The number of rotatable bonds is 3. The fraction of sp³-hybridized carbons (Fsp3) is 0.417. The van der Waals surface area contributed by atoms with Gasteiger partial charge in [0.1, 0.15) is 0 Å². The van der Waals surface area contributed by atoms with Gasteiger partial charge in [-0.1, -0.05) is 13.8 Å². The molecule has 96 valence electrons. The molecule has 2 rings (SSSR count). The summed E-state index contributed by atoms with van der Waals surface area (Å²) in [5.41, 5.74) is 1.21. The summed E-state index contributed by atoms with van der Waals surface area (Å²) in [6, 6.07) is 1.58. The smallest absolute Gasteiger partial charge is 0.339 e. The van der Waals surface area contributed by atoms with Crippen LogP contribution in [0.15, 0.2) is 17.1 Å². The number of nitrogens with one attached hydrogen (secondary N) is 1. The van der Waals surface area contributed by atoms with E-state index < -0.39 is 5.97 Å². The Bertz CT molecular complexity index is 640. The molecule has 0 saturated carbocycles. The number of carbonyl (C=O) groups is 1. The van der Waals surface area contributed by atoms with Crippen LogP contribution >= 0.6 is 0 Å². The number of pyridine rings is 1. The number of methoxy groups -OCH3 is 1. The van der Waals surface area contributed by atoms with Gasteiger partial charge in [0.15, 0.2) is 5.65 Å². The minimum Gasteiger partial charge on any atom is -0.465 e. The molecule has 2 heterocycles. The first-order chi connectivity index (χ1) is 8.52. The van der Waals surface area contributed by atoms with Crippen molar-refractivity contribution in [3.8, 4) is 0 Å². The minimum atomic E-state index is -0.471. The average Bonchev–Trinajstić information content (AvgIpc) is 2.63. The normalized spacial score (nSPS) is 11.1. The maximum atomic E-state index is 11.8. The number of imidazole rings is 1. The largest absolute Gasteiger partial charge is 0.465 e. The highest BCUT2D eigenvalue weighted by atomic mass is 16.5. The van der Waals surface area contributed by atoms with Gasteiger partial charge in [-0.2, -0.15) is 0 Å². The van der Waals surface area contributed by atoms with Crippen LogP contribution in [0, 0.1) is 5.92 Å². The third-order valence-electron chi connectivity index (χ3n) is 2.58. The number of ether oxygens (including phenoxy) is 1. The van der Waals surface area contributed by atoms with Crippen LogP contribution in [0.3, 0.4) is 0 Å². The molecule has 0 spiro atoms. The number of hydrogen-bond donors (Lipinski definition) is 1. The molecule has 0 aromatic carbocycles. The molecule has 0 atom stereocenters. The first-order valence-electron chi connectivity index (χ1n) is 5.69. The lowest BCUT2D eigenvalue weighted by molar-refractivity contribution is 0.0600. The van der Waals surface area contributed by atoms with Gasteiger partial charge in [0.25, 0.3) is 0 Å². The Morgan fingerprint density at radius 2 is 2.28 bits per heavy atom. The number of aromatic nitrogens is 3. The van der Waals surface area contributed by atoms with E-state index in [4.69, 9.17) is 0 Å². The molecule has 18 heavy (non-hydrogen) atoms. The molecule has 0 amide bonds. The van der Waals surface area contributed by atoms with Crippen LogP contribution in [-0.4, -0.2) is 27.6 Å². The molecule has 0 aliphatic heterocycles. The molecule has 0 unspecified atom stereocenters. The van der Waals surface area contributed by atoms with E-state index in [9.17, 15) is 9.59 Å². The van der Waals surface area contributed by atoms with E-state index in [0.717, 1.165) is 0 Å². The number of esters is 1. The van der Waals surface area contributed by atoms with E-state index in [0.29, 0.717) is 29.2 Å². The number of H-pyrrole nitrogens is 1. The Labute approximate surface area is 104 Å². The lowest BCUT2D eigenvalue weighted by Gasteiger charge is -2.05. The quantitative estimate of drug-likeness (QED) is 0.828. The first kappa shape index (κ1) is 12.3. The zero-order valence-electron chi connectivity index (χ0n) is 10.6. The Morgan fingerprint density at radius 1 is 1.56 bits per heavy atom. The second-order valence-corrected chi connectivity index (χ2v) is 4.52. The third kappa shape index (κ3) is 2.13. The van der Waals surface area contributed by atoms with E-state index >= 15 is 0 Å². The summed E-state index contributed by atoms with van der Waals surface area (Å²) < 4.78 is 6.18. The van der Waals surface area contributed by atoms with Crippen molar-refractivity contribution in [3.63, 3.8) is 0 Å². The molecule has 0 saturated heterocycles. The molecule has 1 N–H and O–H groups in total. The summed E-state index contributed by atoms with van der Waals surface area (Å²) in [7, 11) is 1.30. The van der Waals surface area contributed by atoms with Crippen LogP contribution in [0.4, 0.5) is 0 Å². The summed E-state index contributed by atoms with van der Waals surface area (Å²) in [6.45, 7) is 4.63. The zero-order chi connectivity index (χ0) is 13.3. The summed E-state index contributed by atoms with van der Waals surface area (Å²) >= 11 is 0. The van der Waals surface area contributed by atoms with Gasteiger partial charge in [0.05, 0.1) is 18.2 Å². The molecular formula is C12H15N3O3. The fourth-order valence-corrected chi connectivity index (χ4v) is 1.81. The van der Waals surface area contributed by atoms with Crippen LogP contribution in [0.2, 0.25) is 0 Å². The third-order valence-corrected chi connectivity index (χ3v) is 2.58. The minimum absolute atomic E-state index is 0.215. The van der Waals surface area contributed by atoms with Gasteiger partial charge in [-0.25, -0.2) is 14.6 Å². The molecule has 6 nitrogen and oxygen atoms in total.